The lowest BCUT2D eigenvalue weighted by Gasteiger charge is -2.19. The number of nitrogens with two attached hydrogens (primary N) is 1. The number of thioether (sulfide) groups is 1. The first kappa shape index (κ1) is 29.8. The zero-order valence-corrected chi connectivity index (χ0v) is 26.1. The maximum atomic E-state index is 13.2. The maximum absolute atomic E-state index is 13.2. The molecule has 2 N–H and O–H groups in total. The van der Waals surface area contributed by atoms with E-state index in [4.69, 9.17) is 14.6 Å². The van der Waals surface area contributed by atoms with E-state index in [1.165, 1.54) is 11.8 Å². The van der Waals surface area contributed by atoms with Gasteiger partial charge in [-0.2, -0.15) is 0 Å². The predicted molar refractivity (Wildman–Crippen MR) is 161 cm³/mol. The van der Waals surface area contributed by atoms with Crippen LogP contribution in [0.4, 0.5) is 0 Å². The number of tetrazole rings is 1. The third kappa shape index (κ3) is 7.50. The molecule has 0 radical (unpaired) electrons. The van der Waals surface area contributed by atoms with E-state index in [0.29, 0.717) is 29.2 Å². The van der Waals surface area contributed by atoms with E-state index < -0.39 is 18.1 Å². The highest BCUT2D eigenvalue weighted by molar-refractivity contribution is 8.00. The minimum Gasteiger partial charge on any atom is -0.497 e. The van der Waals surface area contributed by atoms with Crippen LogP contribution in [0.1, 0.15) is 16.7 Å². The van der Waals surface area contributed by atoms with Gasteiger partial charge < -0.3 is 9.47 Å². The number of primary sulfonamides is 1. The van der Waals surface area contributed by atoms with Crippen molar-refractivity contribution in [2.24, 2.45) is 5.14 Å². The largest absolute Gasteiger partial charge is 0.497 e. The van der Waals surface area contributed by atoms with E-state index in [9.17, 15) is 8.42 Å². The van der Waals surface area contributed by atoms with Crippen LogP contribution < -0.4 is 14.6 Å². The summed E-state index contributed by atoms with van der Waals surface area (Å²) in [7, 11) is -2.23. The Labute approximate surface area is 241 Å². The molecule has 4 rings (SSSR count). The van der Waals surface area contributed by atoms with Gasteiger partial charge in [0, 0.05) is 18.5 Å². The Kier molecular flexibility index (Phi) is 9.34. The molecule has 0 aliphatic heterocycles. The Balaban J connectivity index is 1.84. The van der Waals surface area contributed by atoms with Crippen LogP contribution in [-0.4, -0.2) is 56.7 Å². The molecule has 0 saturated carbocycles. The molecule has 12 heteroatoms. The summed E-state index contributed by atoms with van der Waals surface area (Å²) in [4.78, 5) is 0.665. The number of methoxy groups -OCH3 is 2. The molecular weight excluding hydrogens is 563 g/mol. The molecule has 3 aromatic carbocycles. The lowest BCUT2D eigenvalue weighted by Crippen LogP contribution is -2.20. The standard InChI is InChI=1S/C28H35N5O4S2Si/c1-36-23-11-6-20(7-12-23)18-22-10-15-25(38-16-17-40(3,4)5)27(39(29,34)35)26(22)28-30-31-32-33(28)19-21-8-13-24(37-2)14-9-21/h6-15H,16-19H2,1-5H3,(H2,29,34,35). The smallest absolute Gasteiger partial charge is 0.239 e. The van der Waals surface area contributed by atoms with Gasteiger partial charge in [-0.25, -0.2) is 18.2 Å². The topological polar surface area (TPSA) is 122 Å². The summed E-state index contributed by atoms with van der Waals surface area (Å²) in [5.41, 5.74) is 3.10. The average molecular weight is 598 g/mol. The van der Waals surface area contributed by atoms with Crippen molar-refractivity contribution in [2.75, 3.05) is 20.0 Å². The van der Waals surface area contributed by atoms with Crippen LogP contribution in [0.5, 0.6) is 11.5 Å². The Hall–Kier alpha value is -3.19. The second-order valence-electron chi connectivity index (χ2n) is 10.7. The molecule has 9 nitrogen and oxygen atoms in total. The van der Waals surface area contributed by atoms with Crippen molar-refractivity contribution in [2.45, 2.75) is 48.4 Å². The molecule has 1 heterocycles. The molecule has 0 atom stereocenters. The number of hydrogen-bond acceptors (Lipinski definition) is 8. The van der Waals surface area contributed by atoms with Gasteiger partial charge in [0.2, 0.25) is 10.0 Å². The van der Waals surface area contributed by atoms with Crippen molar-refractivity contribution in [3.8, 4) is 22.9 Å². The van der Waals surface area contributed by atoms with Crippen LogP contribution in [0.25, 0.3) is 11.4 Å². The maximum Gasteiger partial charge on any atom is 0.239 e. The van der Waals surface area contributed by atoms with Crippen LogP contribution in [0.3, 0.4) is 0 Å². The molecule has 1 aromatic heterocycles. The van der Waals surface area contributed by atoms with E-state index in [2.05, 4.69) is 35.2 Å². The van der Waals surface area contributed by atoms with Crippen molar-refractivity contribution >= 4 is 29.9 Å². The molecule has 0 spiro atoms. The third-order valence-corrected chi connectivity index (χ3v) is 10.7. The summed E-state index contributed by atoms with van der Waals surface area (Å²) >= 11 is 1.51. The van der Waals surface area contributed by atoms with Crippen LogP contribution in [0.15, 0.2) is 70.5 Å². The third-order valence-electron chi connectivity index (χ3n) is 6.40. The van der Waals surface area contributed by atoms with Crippen molar-refractivity contribution < 1.29 is 17.9 Å². The fraction of sp³-hybridized carbons (Fsp3) is 0.321. The summed E-state index contributed by atoms with van der Waals surface area (Å²) in [5, 5.41) is 18.4. The average Bonchev–Trinajstić information content (AvgIpc) is 3.36. The molecule has 0 bridgehead atoms. The number of rotatable bonds is 12. The van der Waals surface area contributed by atoms with Crippen molar-refractivity contribution in [3.63, 3.8) is 0 Å². The van der Waals surface area contributed by atoms with Crippen LogP contribution in [-0.2, 0) is 23.0 Å². The Morgan fingerprint density at radius 3 is 2.05 bits per heavy atom. The van der Waals surface area contributed by atoms with Gasteiger partial charge in [0.15, 0.2) is 5.82 Å². The van der Waals surface area contributed by atoms with Gasteiger partial charge in [-0.05, 0) is 75.7 Å². The normalized spacial score (nSPS) is 11.9. The summed E-state index contributed by atoms with van der Waals surface area (Å²) in [6, 6.07) is 20.1. The highest BCUT2D eigenvalue weighted by atomic mass is 32.2. The van der Waals surface area contributed by atoms with Crippen molar-refractivity contribution in [1.82, 2.24) is 20.2 Å². The van der Waals surface area contributed by atoms with Gasteiger partial charge in [-0.3, -0.25) is 0 Å². The van der Waals surface area contributed by atoms with Gasteiger partial charge in [0.05, 0.1) is 20.8 Å². The first-order valence-electron chi connectivity index (χ1n) is 12.8. The van der Waals surface area contributed by atoms with Crippen LogP contribution in [0, 0.1) is 0 Å². The molecule has 212 valence electrons. The SMILES string of the molecule is COc1ccc(Cc2ccc(SCC[Si](C)(C)C)c(S(N)(=O)=O)c2-c2nnnn2Cc2ccc(OC)cc2)cc1. The van der Waals surface area contributed by atoms with Gasteiger partial charge >= 0.3 is 0 Å². The number of aromatic nitrogens is 4. The van der Waals surface area contributed by atoms with E-state index in [1.54, 1.807) is 18.9 Å². The molecule has 0 saturated heterocycles. The highest BCUT2D eigenvalue weighted by Crippen LogP contribution is 2.38. The molecule has 0 aliphatic rings. The van der Waals surface area contributed by atoms with E-state index in [0.717, 1.165) is 40.0 Å². The highest BCUT2D eigenvalue weighted by Gasteiger charge is 2.28. The number of ether oxygens (including phenoxy) is 2. The second kappa shape index (κ2) is 12.5. The summed E-state index contributed by atoms with van der Waals surface area (Å²) < 4.78 is 38.6. The van der Waals surface area contributed by atoms with E-state index in [-0.39, 0.29) is 4.90 Å². The van der Waals surface area contributed by atoms with E-state index in [1.807, 2.05) is 60.7 Å². The summed E-state index contributed by atoms with van der Waals surface area (Å²) in [6.07, 6.45) is 0.455. The predicted octanol–water partition coefficient (Wildman–Crippen LogP) is 5.07. The fourth-order valence-corrected chi connectivity index (χ4v) is 9.07. The quantitative estimate of drug-likeness (QED) is 0.177. The molecule has 0 fully saturated rings. The van der Waals surface area contributed by atoms with E-state index >= 15 is 0 Å². The molecule has 0 unspecified atom stereocenters. The lowest BCUT2D eigenvalue weighted by atomic mass is 9.99. The van der Waals surface area contributed by atoms with Crippen LogP contribution >= 0.6 is 11.8 Å². The van der Waals surface area contributed by atoms with Crippen LogP contribution in [0.2, 0.25) is 25.7 Å². The van der Waals surface area contributed by atoms with Crippen molar-refractivity contribution in [3.05, 3.63) is 77.4 Å². The van der Waals surface area contributed by atoms with Crippen molar-refractivity contribution in [1.29, 1.82) is 0 Å². The number of benzene rings is 3. The summed E-state index contributed by atoms with van der Waals surface area (Å²) in [6.45, 7) is 7.23. The Bertz CT molecular complexity index is 1550. The number of sulfonamides is 1. The first-order valence-corrected chi connectivity index (χ1v) is 19.1. The van der Waals surface area contributed by atoms with Gasteiger partial charge in [0.1, 0.15) is 16.4 Å². The molecule has 0 aliphatic carbocycles. The molecule has 40 heavy (non-hydrogen) atoms. The zero-order valence-electron chi connectivity index (χ0n) is 23.4. The Morgan fingerprint density at radius 2 is 1.50 bits per heavy atom. The lowest BCUT2D eigenvalue weighted by molar-refractivity contribution is 0.414. The minimum absolute atomic E-state index is 0.0601. The zero-order chi connectivity index (χ0) is 28.9. The molecular formula is C28H35N5O4S2Si. The fourth-order valence-electron chi connectivity index (χ4n) is 4.22. The molecule has 4 aromatic rings. The monoisotopic (exact) mass is 597 g/mol. The number of hydrogen-bond donors (Lipinski definition) is 1. The molecule has 0 amide bonds. The minimum atomic E-state index is -4.14. The first-order chi connectivity index (χ1) is 19.0. The van der Waals surface area contributed by atoms with Gasteiger partial charge in [-0.15, -0.1) is 16.9 Å². The summed E-state index contributed by atoms with van der Waals surface area (Å²) in [5.74, 6) is 2.62. The second-order valence-corrected chi connectivity index (χ2v) is 18.9. The number of nitrogens with zero attached hydrogens (tertiary/aromatic N) is 4. The van der Waals surface area contributed by atoms with Gasteiger partial charge in [-0.1, -0.05) is 50.0 Å². The van der Waals surface area contributed by atoms with Gasteiger partial charge in [0.25, 0.3) is 0 Å². The Morgan fingerprint density at radius 1 is 0.900 bits per heavy atom.